The van der Waals surface area contributed by atoms with Crippen molar-refractivity contribution >= 4 is 5.78 Å². The summed E-state index contributed by atoms with van der Waals surface area (Å²) in [5.74, 6) is 3.98. The molecule has 7 fully saturated rings. The first-order valence-corrected chi connectivity index (χ1v) is 12.3. The largest absolute Gasteiger partial charge is 0.321 e. The molecular formula is C25H37NO. The van der Waals surface area contributed by atoms with Gasteiger partial charge in [0.05, 0.1) is 6.04 Å². The molecule has 0 saturated heterocycles. The van der Waals surface area contributed by atoms with Crippen LogP contribution in [0.3, 0.4) is 0 Å². The van der Waals surface area contributed by atoms with Gasteiger partial charge in [-0.3, -0.25) is 4.79 Å². The Kier molecular flexibility index (Phi) is 2.85. The molecule has 0 bridgehead atoms. The quantitative estimate of drug-likeness (QED) is 0.647. The average molecular weight is 368 g/mol. The second kappa shape index (κ2) is 4.68. The van der Waals surface area contributed by atoms with Gasteiger partial charge in [-0.25, -0.2) is 0 Å². The molecule has 0 aromatic rings. The van der Waals surface area contributed by atoms with Gasteiger partial charge in [0.1, 0.15) is 0 Å². The maximum atomic E-state index is 14.1. The van der Waals surface area contributed by atoms with Crippen LogP contribution < -0.4 is 5.73 Å². The van der Waals surface area contributed by atoms with Crippen molar-refractivity contribution < 1.29 is 4.79 Å². The van der Waals surface area contributed by atoms with E-state index in [1.165, 1.54) is 83.5 Å². The molecule has 2 heteroatoms. The molecule has 0 radical (unpaired) electrons. The summed E-state index contributed by atoms with van der Waals surface area (Å²) in [5, 5.41) is 0. The van der Waals surface area contributed by atoms with Crippen molar-refractivity contribution in [2.24, 2.45) is 57.0 Å². The molecule has 0 heterocycles. The third-order valence-electron chi connectivity index (χ3n) is 11.9. The molecule has 3 spiro atoms. The number of carbonyl (C=O) groups is 1. The Bertz CT molecular complexity index is 714. The van der Waals surface area contributed by atoms with Crippen molar-refractivity contribution in [3.05, 3.63) is 0 Å². The summed E-state index contributed by atoms with van der Waals surface area (Å²) in [4.78, 5) is 14.1. The van der Waals surface area contributed by atoms with Crippen molar-refractivity contribution in [1.82, 2.24) is 0 Å². The summed E-state index contributed by atoms with van der Waals surface area (Å²) in [6, 6.07) is -0.135. The van der Waals surface area contributed by atoms with E-state index in [9.17, 15) is 4.79 Å². The molecule has 2 N–H and O–H groups in total. The van der Waals surface area contributed by atoms with E-state index in [2.05, 4.69) is 6.92 Å². The standard InChI is InChI=1S/C25H37NO/c1-22-6-3-2-4-15(22)14-24(10-11-24)17-16-5-7-23(8-9-23)20(16)25(12-13-25)21(26)19(27)18(17)22/h15-18,20-21H,2-14,26H2,1H3/t15?,16?,17?,18?,20?,21?,22-/m0/s1. The van der Waals surface area contributed by atoms with Gasteiger partial charge in [0.15, 0.2) is 5.78 Å². The molecule has 0 aliphatic heterocycles. The van der Waals surface area contributed by atoms with Crippen molar-refractivity contribution in [1.29, 1.82) is 0 Å². The SMILES string of the molecule is C[C@]12CCCCC1CC1(CC1)C1C3CCC4(CC4)C3C3(CC3)C(N)C(=O)C12. The lowest BCUT2D eigenvalue weighted by Gasteiger charge is -2.58. The zero-order valence-electron chi connectivity index (χ0n) is 17.1. The van der Waals surface area contributed by atoms with E-state index < -0.39 is 0 Å². The Hall–Kier alpha value is -0.370. The fraction of sp³-hybridized carbons (Fsp3) is 0.960. The van der Waals surface area contributed by atoms with Crippen LogP contribution in [0.25, 0.3) is 0 Å². The van der Waals surface area contributed by atoms with E-state index in [4.69, 9.17) is 5.73 Å². The van der Waals surface area contributed by atoms with Gasteiger partial charge in [0.2, 0.25) is 0 Å². The highest BCUT2D eigenvalue weighted by Crippen LogP contribution is 2.81. The van der Waals surface area contributed by atoms with Crippen LogP contribution in [-0.4, -0.2) is 11.8 Å². The maximum Gasteiger partial charge on any atom is 0.154 e. The first kappa shape index (κ1) is 16.4. The van der Waals surface area contributed by atoms with Crippen LogP contribution in [0, 0.1) is 51.2 Å². The van der Waals surface area contributed by atoms with Crippen LogP contribution in [0.5, 0.6) is 0 Å². The predicted octanol–water partition coefficient (Wildman–Crippen LogP) is 5.10. The summed E-state index contributed by atoms with van der Waals surface area (Å²) < 4.78 is 0. The Balaban J connectivity index is 1.42. The molecule has 148 valence electrons. The van der Waals surface area contributed by atoms with Crippen LogP contribution in [0.2, 0.25) is 0 Å². The van der Waals surface area contributed by atoms with Gasteiger partial charge in [-0.1, -0.05) is 19.8 Å². The summed E-state index contributed by atoms with van der Waals surface area (Å²) in [5.41, 5.74) is 8.62. The van der Waals surface area contributed by atoms with Crippen LogP contribution >= 0.6 is 0 Å². The van der Waals surface area contributed by atoms with Crippen molar-refractivity contribution in [2.45, 2.75) is 96.4 Å². The fourth-order valence-electron chi connectivity index (χ4n) is 10.3. The number of ketones is 1. The number of Topliss-reactive ketones (excluding diaryl/α,β-unsaturated/α-hetero) is 1. The molecule has 0 aromatic carbocycles. The summed E-state index contributed by atoms with van der Waals surface area (Å²) in [6.45, 7) is 2.54. The minimum absolute atomic E-state index is 0.135. The smallest absolute Gasteiger partial charge is 0.154 e. The van der Waals surface area contributed by atoms with Gasteiger partial charge in [0.25, 0.3) is 0 Å². The third kappa shape index (κ3) is 1.78. The molecule has 7 rings (SSSR count). The lowest BCUT2D eigenvalue weighted by atomic mass is 9.46. The van der Waals surface area contributed by atoms with Gasteiger partial charge in [0, 0.05) is 5.92 Å². The van der Waals surface area contributed by atoms with Crippen LogP contribution in [0.4, 0.5) is 0 Å². The second-order valence-corrected chi connectivity index (χ2v) is 12.7. The third-order valence-corrected chi connectivity index (χ3v) is 11.9. The monoisotopic (exact) mass is 367 g/mol. The molecular weight excluding hydrogens is 330 g/mol. The molecule has 7 aliphatic carbocycles. The minimum Gasteiger partial charge on any atom is -0.321 e. The molecule has 27 heavy (non-hydrogen) atoms. The molecule has 7 saturated carbocycles. The molecule has 2 nitrogen and oxygen atoms in total. The number of nitrogens with two attached hydrogens (primary N) is 1. The highest BCUT2D eigenvalue weighted by Gasteiger charge is 2.77. The van der Waals surface area contributed by atoms with E-state index in [-0.39, 0.29) is 16.9 Å². The lowest BCUT2D eigenvalue weighted by molar-refractivity contribution is -0.148. The van der Waals surface area contributed by atoms with Crippen LogP contribution in [0.15, 0.2) is 0 Å². The zero-order chi connectivity index (χ0) is 18.2. The van der Waals surface area contributed by atoms with Gasteiger partial charge in [-0.15, -0.1) is 0 Å². The van der Waals surface area contributed by atoms with Crippen LogP contribution in [0.1, 0.15) is 90.4 Å². The minimum atomic E-state index is -0.135. The van der Waals surface area contributed by atoms with E-state index >= 15 is 0 Å². The fourth-order valence-corrected chi connectivity index (χ4v) is 10.3. The topological polar surface area (TPSA) is 43.1 Å². The highest BCUT2D eigenvalue weighted by molar-refractivity contribution is 5.89. The van der Waals surface area contributed by atoms with Gasteiger partial charge in [-0.05, 0) is 116 Å². The average Bonchev–Trinajstić information content (AvgIpc) is 3.53. The van der Waals surface area contributed by atoms with Gasteiger partial charge < -0.3 is 5.73 Å². The van der Waals surface area contributed by atoms with E-state index in [0.717, 1.165) is 17.8 Å². The normalized spacial score (nSPS) is 55.0. The number of hydrogen-bond acceptors (Lipinski definition) is 2. The van der Waals surface area contributed by atoms with E-state index in [0.29, 0.717) is 28.4 Å². The molecule has 6 unspecified atom stereocenters. The van der Waals surface area contributed by atoms with Crippen LogP contribution in [-0.2, 0) is 4.79 Å². The number of hydrogen-bond donors (Lipinski definition) is 1. The summed E-state index contributed by atoms with van der Waals surface area (Å²) >= 11 is 0. The predicted molar refractivity (Wildman–Crippen MR) is 106 cm³/mol. The Morgan fingerprint density at radius 2 is 1.63 bits per heavy atom. The number of carbonyl (C=O) groups excluding carboxylic acids is 1. The van der Waals surface area contributed by atoms with Crippen molar-refractivity contribution in [3.8, 4) is 0 Å². The van der Waals surface area contributed by atoms with Crippen molar-refractivity contribution in [3.63, 3.8) is 0 Å². The first-order valence-electron chi connectivity index (χ1n) is 12.3. The van der Waals surface area contributed by atoms with Crippen molar-refractivity contribution in [2.75, 3.05) is 0 Å². The van der Waals surface area contributed by atoms with Gasteiger partial charge >= 0.3 is 0 Å². The second-order valence-electron chi connectivity index (χ2n) is 12.7. The first-order chi connectivity index (χ1) is 13.0. The van der Waals surface area contributed by atoms with E-state index in [1.807, 2.05) is 0 Å². The lowest BCUT2D eigenvalue weighted by Crippen LogP contribution is -2.56. The Morgan fingerprint density at radius 3 is 2.30 bits per heavy atom. The number of rotatable bonds is 0. The summed E-state index contributed by atoms with van der Waals surface area (Å²) in [7, 11) is 0. The number of fused-ring (bicyclic) bond motifs is 8. The van der Waals surface area contributed by atoms with E-state index in [1.54, 1.807) is 0 Å². The Morgan fingerprint density at radius 1 is 0.889 bits per heavy atom. The molecule has 7 aliphatic rings. The molecule has 0 aromatic heterocycles. The highest BCUT2D eigenvalue weighted by atomic mass is 16.1. The maximum absolute atomic E-state index is 14.1. The molecule has 7 atom stereocenters. The zero-order valence-corrected chi connectivity index (χ0v) is 17.1. The van der Waals surface area contributed by atoms with Gasteiger partial charge in [-0.2, -0.15) is 0 Å². The molecule has 0 amide bonds. The Labute approximate surface area is 164 Å². The summed E-state index contributed by atoms with van der Waals surface area (Å²) in [6.07, 6.45) is 18.0.